The zero-order valence-electron chi connectivity index (χ0n) is 34.3. The third-order valence-electron chi connectivity index (χ3n) is 11.5. The molecule has 0 amide bonds. The zero-order valence-corrected chi connectivity index (χ0v) is 34.3. The van der Waals surface area contributed by atoms with Crippen molar-refractivity contribution in [3.8, 4) is 55.6 Å². The van der Waals surface area contributed by atoms with Gasteiger partial charge in [-0.05, 0) is 117 Å². The average molecular weight is 793 g/mol. The van der Waals surface area contributed by atoms with Crippen LogP contribution < -0.4 is 9.80 Å². The Labute approximate surface area is 364 Å². The second-order valence-corrected chi connectivity index (χ2v) is 15.4. The summed E-state index contributed by atoms with van der Waals surface area (Å²) in [6.07, 6.45) is 0. The predicted octanol–water partition coefficient (Wildman–Crippen LogP) is 17.0. The molecular weight excluding hydrogens is 749 g/mol. The Kier molecular flexibility index (Phi) is 10.8. The van der Waals surface area contributed by atoms with Gasteiger partial charge in [-0.1, -0.05) is 200 Å². The van der Waals surface area contributed by atoms with Crippen molar-refractivity contribution in [1.29, 1.82) is 0 Å². The summed E-state index contributed by atoms with van der Waals surface area (Å²) in [5.74, 6) is 0. The molecule has 10 aromatic rings. The van der Waals surface area contributed by atoms with E-state index in [2.05, 4.69) is 277 Å². The van der Waals surface area contributed by atoms with E-state index in [4.69, 9.17) is 0 Å². The van der Waals surface area contributed by atoms with Crippen LogP contribution in [0.2, 0.25) is 0 Å². The Hall–Kier alpha value is -8.20. The molecule has 0 saturated carbocycles. The van der Waals surface area contributed by atoms with Crippen molar-refractivity contribution < 1.29 is 0 Å². The molecule has 0 saturated heterocycles. The summed E-state index contributed by atoms with van der Waals surface area (Å²) in [7, 11) is 0. The summed E-state index contributed by atoms with van der Waals surface area (Å²) in [6.45, 7) is 0. The van der Waals surface area contributed by atoms with Gasteiger partial charge in [0.15, 0.2) is 0 Å². The summed E-state index contributed by atoms with van der Waals surface area (Å²) < 4.78 is 0. The van der Waals surface area contributed by atoms with Crippen LogP contribution in [-0.2, 0) is 0 Å². The molecule has 294 valence electrons. The number of hydrogen-bond acceptors (Lipinski definition) is 2. The van der Waals surface area contributed by atoms with Gasteiger partial charge in [0.2, 0.25) is 0 Å². The van der Waals surface area contributed by atoms with E-state index in [1.165, 1.54) is 38.9 Å². The first-order chi connectivity index (χ1) is 30.8. The molecule has 0 heterocycles. The van der Waals surface area contributed by atoms with Gasteiger partial charge in [0, 0.05) is 34.0 Å². The summed E-state index contributed by atoms with van der Waals surface area (Å²) in [5.41, 5.74) is 18.4. The minimum atomic E-state index is 1.09. The fourth-order valence-electron chi connectivity index (χ4n) is 8.42. The maximum Gasteiger partial charge on any atom is 0.0540 e. The SMILES string of the molecule is c1ccc(-c2ccc(N(c3ccccc3)c3ccc(-c4ccc(-c5ccccc5N(c5ccccc5)c5ccc(-c6ccccc6)cc5)cc4)c(-c4ccccc4)c3)cc2)cc1. The van der Waals surface area contributed by atoms with E-state index in [-0.39, 0.29) is 0 Å². The molecule has 0 aliphatic heterocycles. The standard InChI is InChI=1S/C60H44N2/c1-6-18-45(19-7-1)47-34-38-54(39-35-47)61(52-24-12-4-13-25-52)56-42-43-57(59(44-56)49-22-10-3-11-23-49)50-30-32-51(33-31-50)58-28-16-17-29-60(58)62(53-26-14-5-15-27-53)55-40-36-48(37-41-55)46-20-8-2-9-21-46/h1-44H. The fraction of sp³-hybridized carbons (Fsp3) is 0. The average Bonchev–Trinajstić information content (AvgIpc) is 3.36. The maximum atomic E-state index is 2.36. The van der Waals surface area contributed by atoms with E-state index in [0.29, 0.717) is 0 Å². The fourth-order valence-corrected chi connectivity index (χ4v) is 8.42. The Balaban J connectivity index is 1.03. The number of para-hydroxylation sites is 3. The number of nitrogens with zero attached hydrogens (tertiary/aromatic N) is 2. The van der Waals surface area contributed by atoms with Gasteiger partial charge in [0.1, 0.15) is 0 Å². The molecule has 0 unspecified atom stereocenters. The van der Waals surface area contributed by atoms with Gasteiger partial charge in [-0.2, -0.15) is 0 Å². The van der Waals surface area contributed by atoms with Gasteiger partial charge in [0.05, 0.1) is 5.69 Å². The monoisotopic (exact) mass is 792 g/mol. The van der Waals surface area contributed by atoms with E-state index in [1.54, 1.807) is 0 Å². The largest absolute Gasteiger partial charge is 0.310 e. The van der Waals surface area contributed by atoms with Crippen LogP contribution >= 0.6 is 0 Å². The molecule has 0 fully saturated rings. The van der Waals surface area contributed by atoms with Gasteiger partial charge in [-0.25, -0.2) is 0 Å². The first kappa shape index (κ1) is 38.0. The van der Waals surface area contributed by atoms with Gasteiger partial charge < -0.3 is 9.80 Å². The van der Waals surface area contributed by atoms with Gasteiger partial charge in [-0.3, -0.25) is 0 Å². The summed E-state index contributed by atoms with van der Waals surface area (Å²) in [4.78, 5) is 4.71. The minimum absolute atomic E-state index is 1.09. The van der Waals surface area contributed by atoms with Crippen molar-refractivity contribution in [2.24, 2.45) is 0 Å². The van der Waals surface area contributed by atoms with Crippen molar-refractivity contribution in [2.45, 2.75) is 0 Å². The molecule has 0 atom stereocenters. The summed E-state index contributed by atoms with van der Waals surface area (Å²) >= 11 is 0. The molecule has 0 aromatic heterocycles. The van der Waals surface area contributed by atoms with Crippen LogP contribution in [0.25, 0.3) is 55.6 Å². The normalized spacial score (nSPS) is 10.9. The first-order valence-electron chi connectivity index (χ1n) is 21.2. The molecule has 62 heavy (non-hydrogen) atoms. The van der Waals surface area contributed by atoms with E-state index in [0.717, 1.165) is 50.8 Å². The van der Waals surface area contributed by atoms with E-state index < -0.39 is 0 Å². The van der Waals surface area contributed by atoms with Crippen LogP contribution in [-0.4, -0.2) is 0 Å². The highest BCUT2D eigenvalue weighted by Gasteiger charge is 2.19. The third kappa shape index (κ3) is 7.93. The molecule has 0 aliphatic carbocycles. The smallest absolute Gasteiger partial charge is 0.0540 e. The lowest BCUT2D eigenvalue weighted by atomic mass is 9.92. The summed E-state index contributed by atoms with van der Waals surface area (Å²) in [5, 5.41) is 0. The Morgan fingerprint density at radius 3 is 1.02 bits per heavy atom. The van der Waals surface area contributed by atoms with Crippen LogP contribution in [0.1, 0.15) is 0 Å². The second-order valence-electron chi connectivity index (χ2n) is 15.4. The second kappa shape index (κ2) is 17.6. The number of rotatable bonds is 11. The van der Waals surface area contributed by atoms with Crippen LogP contribution in [0.4, 0.5) is 34.1 Å². The quantitative estimate of drug-likeness (QED) is 0.129. The molecule has 0 radical (unpaired) electrons. The Morgan fingerprint density at radius 1 is 0.177 bits per heavy atom. The molecule has 10 rings (SSSR count). The Morgan fingerprint density at radius 2 is 0.500 bits per heavy atom. The Bertz CT molecular complexity index is 3000. The molecular formula is C60H44N2. The number of hydrogen-bond donors (Lipinski definition) is 0. The lowest BCUT2D eigenvalue weighted by Crippen LogP contribution is -2.11. The molecule has 2 heteroatoms. The summed E-state index contributed by atoms with van der Waals surface area (Å²) in [6, 6.07) is 95.6. The first-order valence-corrected chi connectivity index (χ1v) is 21.2. The molecule has 2 nitrogen and oxygen atoms in total. The van der Waals surface area contributed by atoms with Crippen molar-refractivity contribution >= 4 is 34.1 Å². The van der Waals surface area contributed by atoms with Crippen molar-refractivity contribution in [3.05, 3.63) is 267 Å². The van der Waals surface area contributed by atoms with Crippen LogP contribution in [0.15, 0.2) is 267 Å². The predicted molar refractivity (Wildman–Crippen MR) is 263 cm³/mol. The topological polar surface area (TPSA) is 6.48 Å². The third-order valence-corrected chi connectivity index (χ3v) is 11.5. The van der Waals surface area contributed by atoms with Crippen LogP contribution in [0, 0.1) is 0 Å². The van der Waals surface area contributed by atoms with Crippen LogP contribution in [0.5, 0.6) is 0 Å². The molecule has 10 aromatic carbocycles. The van der Waals surface area contributed by atoms with Crippen molar-refractivity contribution in [3.63, 3.8) is 0 Å². The lowest BCUT2D eigenvalue weighted by molar-refractivity contribution is 1.28. The van der Waals surface area contributed by atoms with Crippen molar-refractivity contribution in [1.82, 2.24) is 0 Å². The van der Waals surface area contributed by atoms with Gasteiger partial charge in [-0.15, -0.1) is 0 Å². The highest BCUT2D eigenvalue weighted by atomic mass is 15.1. The zero-order chi connectivity index (χ0) is 41.5. The molecule has 0 spiro atoms. The highest BCUT2D eigenvalue weighted by molar-refractivity contribution is 5.92. The lowest BCUT2D eigenvalue weighted by Gasteiger charge is -2.28. The van der Waals surface area contributed by atoms with E-state index in [9.17, 15) is 0 Å². The molecule has 0 aliphatic rings. The number of benzene rings is 10. The molecule has 0 bridgehead atoms. The van der Waals surface area contributed by atoms with Crippen molar-refractivity contribution in [2.75, 3.05) is 9.80 Å². The van der Waals surface area contributed by atoms with E-state index in [1.807, 2.05) is 0 Å². The molecule has 0 N–H and O–H groups in total. The van der Waals surface area contributed by atoms with E-state index >= 15 is 0 Å². The highest BCUT2D eigenvalue weighted by Crippen LogP contribution is 2.44. The van der Waals surface area contributed by atoms with Gasteiger partial charge >= 0.3 is 0 Å². The number of anilines is 6. The minimum Gasteiger partial charge on any atom is -0.310 e. The van der Waals surface area contributed by atoms with Gasteiger partial charge in [0.25, 0.3) is 0 Å². The van der Waals surface area contributed by atoms with Crippen LogP contribution in [0.3, 0.4) is 0 Å². The maximum absolute atomic E-state index is 2.36.